The molecule has 0 saturated carbocycles. The average molecular weight is 357 g/mol. The molecule has 26 heavy (non-hydrogen) atoms. The van der Waals surface area contributed by atoms with Gasteiger partial charge in [-0.25, -0.2) is 4.98 Å². The lowest BCUT2D eigenvalue weighted by molar-refractivity contribution is 0.265. The van der Waals surface area contributed by atoms with E-state index in [0.717, 1.165) is 49.9 Å². The molecular weight excluding hydrogens is 324 g/mol. The van der Waals surface area contributed by atoms with E-state index in [0.29, 0.717) is 18.0 Å². The number of nitrogens with one attached hydrogen (secondary N) is 2. The molecule has 0 spiro atoms. The van der Waals surface area contributed by atoms with Gasteiger partial charge in [0.2, 0.25) is 0 Å². The van der Waals surface area contributed by atoms with Crippen molar-refractivity contribution in [3.8, 4) is 0 Å². The number of aliphatic imine (C=N–C) groups is 1. The number of guanidine groups is 1. The Morgan fingerprint density at radius 1 is 1.35 bits per heavy atom. The normalized spacial score (nSPS) is 21.7. The molecule has 2 aromatic rings. The van der Waals surface area contributed by atoms with Gasteiger partial charge in [-0.2, -0.15) is 0 Å². The van der Waals surface area contributed by atoms with Gasteiger partial charge in [-0.05, 0) is 38.8 Å². The second kappa shape index (κ2) is 8.54. The Kier molecular flexibility index (Phi) is 6.14. The molecule has 0 aliphatic carbocycles. The van der Waals surface area contributed by atoms with Crippen molar-refractivity contribution in [2.24, 2.45) is 10.9 Å². The Hall–Kier alpha value is -2.08. The molecule has 2 N–H and O–H groups in total. The first-order chi connectivity index (χ1) is 12.6. The number of hydrogen-bond donors (Lipinski definition) is 2. The van der Waals surface area contributed by atoms with Crippen LogP contribution < -0.4 is 10.6 Å². The lowest BCUT2D eigenvalue weighted by Gasteiger charge is -2.21. The van der Waals surface area contributed by atoms with E-state index in [4.69, 9.17) is 4.99 Å². The number of imidazole rings is 1. The predicted octanol–water partition coefficient (Wildman–Crippen LogP) is 2.16. The van der Waals surface area contributed by atoms with Crippen molar-refractivity contribution in [2.75, 3.05) is 26.2 Å². The number of aromatic nitrogens is 2. The largest absolute Gasteiger partial charge is 0.357 e. The van der Waals surface area contributed by atoms with Crippen molar-refractivity contribution >= 4 is 11.6 Å². The number of likely N-dealkylation sites (tertiary alicyclic amines) is 1. The summed E-state index contributed by atoms with van der Waals surface area (Å²) in [5, 5.41) is 7.02. The Labute approximate surface area is 156 Å². The molecular formula is C20H32N6. The number of nitrogens with zero attached hydrogens (tertiary/aromatic N) is 4. The molecule has 2 unspecified atom stereocenters. The Bertz CT molecular complexity index is 702. The maximum absolute atomic E-state index is 4.77. The van der Waals surface area contributed by atoms with Crippen LogP contribution in [0.25, 0.3) is 5.65 Å². The predicted molar refractivity (Wildman–Crippen MR) is 108 cm³/mol. The van der Waals surface area contributed by atoms with Crippen molar-refractivity contribution in [1.82, 2.24) is 24.9 Å². The van der Waals surface area contributed by atoms with E-state index in [1.807, 2.05) is 24.4 Å². The van der Waals surface area contributed by atoms with Gasteiger partial charge in [0.1, 0.15) is 5.65 Å². The number of rotatable bonds is 6. The average Bonchev–Trinajstić information content (AvgIpc) is 3.18. The van der Waals surface area contributed by atoms with Crippen LogP contribution in [-0.4, -0.2) is 58.5 Å². The molecule has 1 saturated heterocycles. The summed E-state index contributed by atoms with van der Waals surface area (Å²) < 4.78 is 2.06. The molecule has 0 aromatic carbocycles. The molecule has 6 nitrogen and oxygen atoms in total. The summed E-state index contributed by atoms with van der Waals surface area (Å²) in [6.07, 6.45) is 4.96. The maximum Gasteiger partial charge on any atom is 0.191 e. The molecule has 1 aliphatic rings. The van der Waals surface area contributed by atoms with Crippen molar-refractivity contribution in [1.29, 1.82) is 0 Å². The SMILES string of the molecule is CCNC(=NCCc1cn2ccccc2n1)NC1CN(C(C)C)CC1C. The van der Waals surface area contributed by atoms with Crippen LogP contribution in [0.3, 0.4) is 0 Å². The van der Waals surface area contributed by atoms with E-state index in [1.54, 1.807) is 0 Å². The third-order valence-electron chi connectivity index (χ3n) is 5.09. The van der Waals surface area contributed by atoms with Crippen LogP contribution in [0.5, 0.6) is 0 Å². The number of pyridine rings is 1. The first kappa shape index (κ1) is 18.7. The molecule has 0 bridgehead atoms. The fraction of sp³-hybridized carbons (Fsp3) is 0.600. The lowest BCUT2D eigenvalue weighted by atomic mass is 10.1. The molecule has 2 aromatic heterocycles. The van der Waals surface area contributed by atoms with Gasteiger partial charge in [-0.1, -0.05) is 13.0 Å². The lowest BCUT2D eigenvalue weighted by Crippen LogP contribution is -2.47. The highest BCUT2D eigenvalue weighted by Crippen LogP contribution is 2.18. The minimum absolute atomic E-state index is 0.449. The van der Waals surface area contributed by atoms with Gasteiger partial charge in [0.05, 0.1) is 5.69 Å². The van der Waals surface area contributed by atoms with Crippen molar-refractivity contribution in [3.05, 3.63) is 36.3 Å². The zero-order valence-electron chi connectivity index (χ0n) is 16.4. The van der Waals surface area contributed by atoms with Gasteiger partial charge in [-0.3, -0.25) is 9.89 Å². The van der Waals surface area contributed by atoms with E-state index in [9.17, 15) is 0 Å². The zero-order chi connectivity index (χ0) is 18.5. The Balaban J connectivity index is 1.58. The van der Waals surface area contributed by atoms with Gasteiger partial charge < -0.3 is 15.0 Å². The Morgan fingerprint density at radius 2 is 2.19 bits per heavy atom. The molecule has 142 valence electrons. The summed E-state index contributed by atoms with van der Waals surface area (Å²) in [7, 11) is 0. The molecule has 3 heterocycles. The van der Waals surface area contributed by atoms with E-state index >= 15 is 0 Å². The quantitative estimate of drug-likeness (QED) is 0.615. The molecule has 3 rings (SSSR count). The highest BCUT2D eigenvalue weighted by atomic mass is 15.3. The minimum Gasteiger partial charge on any atom is -0.357 e. The van der Waals surface area contributed by atoms with Gasteiger partial charge >= 0.3 is 0 Å². The van der Waals surface area contributed by atoms with E-state index in [2.05, 4.69) is 58.8 Å². The topological polar surface area (TPSA) is 57.0 Å². The minimum atomic E-state index is 0.449. The summed E-state index contributed by atoms with van der Waals surface area (Å²) in [6.45, 7) is 12.8. The molecule has 1 aliphatic heterocycles. The van der Waals surface area contributed by atoms with Crippen LogP contribution >= 0.6 is 0 Å². The fourth-order valence-corrected chi connectivity index (χ4v) is 3.50. The zero-order valence-corrected chi connectivity index (χ0v) is 16.4. The van der Waals surface area contributed by atoms with Gasteiger partial charge in [-0.15, -0.1) is 0 Å². The monoisotopic (exact) mass is 356 g/mol. The molecule has 0 amide bonds. The van der Waals surface area contributed by atoms with Gasteiger partial charge in [0.25, 0.3) is 0 Å². The van der Waals surface area contributed by atoms with Crippen molar-refractivity contribution < 1.29 is 0 Å². The van der Waals surface area contributed by atoms with Crippen molar-refractivity contribution in [2.45, 2.75) is 46.2 Å². The van der Waals surface area contributed by atoms with Crippen molar-refractivity contribution in [3.63, 3.8) is 0 Å². The van der Waals surface area contributed by atoms with Gasteiger partial charge in [0, 0.05) is 57.1 Å². The molecule has 1 fully saturated rings. The number of fused-ring (bicyclic) bond motifs is 1. The fourth-order valence-electron chi connectivity index (χ4n) is 3.50. The second-order valence-corrected chi connectivity index (χ2v) is 7.48. The Morgan fingerprint density at radius 3 is 2.88 bits per heavy atom. The van der Waals surface area contributed by atoms with Crippen LogP contribution in [0.4, 0.5) is 0 Å². The third-order valence-corrected chi connectivity index (χ3v) is 5.09. The smallest absolute Gasteiger partial charge is 0.191 e. The van der Waals surface area contributed by atoms with E-state index in [-0.39, 0.29) is 0 Å². The van der Waals surface area contributed by atoms with Gasteiger partial charge in [0.15, 0.2) is 5.96 Å². The number of hydrogen-bond acceptors (Lipinski definition) is 3. The summed E-state index contributed by atoms with van der Waals surface area (Å²) >= 11 is 0. The van der Waals surface area contributed by atoms with Crippen LogP contribution in [0.1, 0.15) is 33.4 Å². The second-order valence-electron chi connectivity index (χ2n) is 7.48. The van der Waals surface area contributed by atoms with E-state index in [1.165, 1.54) is 0 Å². The summed E-state index contributed by atoms with van der Waals surface area (Å²) in [5.74, 6) is 1.54. The van der Waals surface area contributed by atoms with Crippen LogP contribution in [0.2, 0.25) is 0 Å². The van der Waals surface area contributed by atoms with Crippen LogP contribution in [0.15, 0.2) is 35.6 Å². The first-order valence-electron chi connectivity index (χ1n) is 9.78. The molecule has 2 atom stereocenters. The van der Waals surface area contributed by atoms with E-state index < -0.39 is 0 Å². The molecule has 6 heteroatoms. The first-order valence-corrected chi connectivity index (χ1v) is 9.78. The summed E-state index contributed by atoms with van der Waals surface area (Å²) in [4.78, 5) is 12.0. The summed E-state index contributed by atoms with van der Waals surface area (Å²) in [6, 6.07) is 7.11. The van der Waals surface area contributed by atoms with Crippen LogP contribution in [-0.2, 0) is 6.42 Å². The van der Waals surface area contributed by atoms with Crippen LogP contribution in [0, 0.1) is 5.92 Å². The third kappa shape index (κ3) is 4.55. The molecule has 0 radical (unpaired) electrons. The standard InChI is InChI=1S/C20H32N6/c1-5-21-20(24-18-14-26(15(2)3)12-16(18)4)22-10-9-17-13-25-11-7-6-8-19(25)23-17/h6-8,11,13,15-16,18H,5,9-10,12,14H2,1-4H3,(H2,21,22,24). The summed E-state index contributed by atoms with van der Waals surface area (Å²) in [5.41, 5.74) is 2.07. The maximum atomic E-state index is 4.77. The highest BCUT2D eigenvalue weighted by molar-refractivity contribution is 5.80. The highest BCUT2D eigenvalue weighted by Gasteiger charge is 2.31.